The zero-order valence-electron chi connectivity index (χ0n) is 11.6. The van der Waals surface area contributed by atoms with E-state index in [1.807, 2.05) is 13.0 Å². The summed E-state index contributed by atoms with van der Waals surface area (Å²) in [6.07, 6.45) is 4.48. The van der Waals surface area contributed by atoms with Crippen LogP contribution in [0, 0.1) is 12.7 Å². The third kappa shape index (κ3) is 2.39. The molecule has 3 rings (SSSR count). The Morgan fingerprint density at radius 1 is 1.37 bits per heavy atom. The molecule has 1 aliphatic rings. The van der Waals surface area contributed by atoms with Crippen LogP contribution in [0.4, 0.5) is 4.39 Å². The average Bonchev–Trinajstić information content (AvgIpc) is 3.15. The van der Waals surface area contributed by atoms with Crippen LogP contribution < -0.4 is 5.32 Å². The summed E-state index contributed by atoms with van der Waals surface area (Å²) in [7, 11) is 0. The third-order valence-electron chi connectivity index (χ3n) is 3.81. The van der Waals surface area contributed by atoms with Crippen molar-refractivity contribution in [1.82, 2.24) is 5.32 Å². The lowest BCUT2D eigenvalue weighted by Crippen LogP contribution is -2.15. The molecule has 0 radical (unpaired) electrons. The van der Waals surface area contributed by atoms with Crippen LogP contribution in [-0.4, -0.2) is 6.04 Å². The van der Waals surface area contributed by atoms with Gasteiger partial charge in [-0.2, -0.15) is 0 Å². The third-order valence-corrected chi connectivity index (χ3v) is 3.81. The number of fused-ring (bicyclic) bond motifs is 1. The molecular formula is C16H20FNO. The molecule has 1 saturated carbocycles. The standard InChI is InChI=1S/C16H20FNO/c1-3-4-12-14(9-18-11-6-7-11)19-16-13(17)8-5-10(2)15(12)16/h5,8,11,18H,3-4,6-7,9H2,1-2H3. The van der Waals surface area contributed by atoms with E-state index in [-0.39, 0.29) is 5.82 Å². The fourth-order valence-electron chi connectivity index (χ4n) is 2.64. The monoisotopic (exact) mass is 261 g/mol. The molecule has 1 fully saturated rings. The summed E-state index contributed by atoms with van der Waals surface area (Å²) in [4.78, 5) is 0. The Morgan fingerprint density at radius 2 is 2.16 bits per heavy atom. The summed E-state index contributed by atoms with van der Waals surface area (Å²) in [5, 5.41) is 4.44. The predicted molar refractivity (Wildman–Crippen MR) is 74.8 cm³/mol. The molecule has 19 heavy (non-hydrogen) atoms. The molecule has 0 unspecified atom stereocenters. The molecule has 0 bridgehead atoms. The van der Waals surface area contributed by atoms with Gasteiger partial charge in [-0.25, -0.2) is 4.39 Å². The zero-order chi connectivity index (χ0) is 13.4. The maximum atomic E-state index is 13.9. The van der Waals surface area contributed by atoms with Crippen LogP contribution in [-0.2, 0) is 13.0 Å². The molecular weight excluding hydrogens is 241 g/mol. The lowest BCUT2D eigenvalue weighted by molar-refractivity contribution is 0.489. The highest BCUT2D eigenvalue weighted by Crippen LogP contribution is 2.32. The molecule has 0 atom stereocenters. The second-order valence-corrected chi connectivity index (χ2v) is 5.48. The summed E-state index contributed by atoms with van der Waals surface area (Å²) in [5.41, 5.74) is 2.71. The van der Waals surface area contributed by atoms with E-state index in [1.54, 1.807) is 0 Å². The number of aryl methyl sites for hydroxylation is 2. The molecule has 1 N–H and O–H groups in total. The van der Waals surface area contributed by atoms with E-state index in [1.165, 1.54) is 24.5 Å². The first kappa shape index (κ1) is 12.7. The topological polar surface area (TPSA) is 25.2 Å². The molecule has 2 nitrogen and oxygen atoms in total. The summed E-state index contributed by atoms with van der Waals surface area (Å²) in [6, 6.07) is 3.97. The van der Waals surface area contributed by atoms with Crippen LogP contribution in [0.15, 0.2) is 16.5 Å². The van der Waals surface area contributed by atoms with E-state index < -0.39 is 0 Å². The normalized spacial score (nSPS) is 15.3. The zero-order valence-corrected chi connectivity index (χ0v) is 11.6. The van der Waals surface area contributed by atoms with Gasteiger partial charge in [0.1, 0.15) is 5.76 Å². The smallest absolute Gasteiger partial charge is 0.170 e. The minimum atomic E-state index is -0.254. The maximum absolute atomic E-state index is 13.9. The molecule has 2 aromatic rings. The first-order chi connectivity index (χ1) is 9.20. The first-order valence-electron chi connectivity index (χ1n) is 7.13. The molecule has 0 spiro atoms. The van der Waals surface area contributed by atoms with Crippen molar-refractivity contribution < 1.29 is 8.81 Å². The molecule has 0 aliphatic heterocycles. The summed E-state index contributed by atoms with van der Waals surface area (Å²) >= 11 is 0. The Morgan fingerprint density at radius 3 is 2.84 bits per heavy atom. The van der Waals surface area contributed by atoms with Crippen molar-refractivity contribution >= 4 is 11.0 Å². The van der Waals surface area contributed by atoms with Crippen molar-refractivity contribution in [1.29, 1.82) is 0 Å². The van der Waals surface area contributed by atoms with Gasteiger partial charge in [-0.15, -0.1) is 0 Å². The lowest BCUT2D eigenvalue weighted by Gasteiger charge is -2.03. The van der Waals surface area contributed by atoms with Gasteiger partial charge in [-0.1, -0.05) is 19.4 Å². The summed E-state index contributed by atoms with van der Waals surface area (Å²) < 4.78 is 19.7. The highest BCUT2D eigenvalue weighted by atomic mass is 19.1. The molecule has 0 saturated heterocycles. The van der Waals surface area contributed by atoms with Crippen LogP contribution in [0.25, 0.3) is 11.0 Å². The summed E-state index contributed by atoms with van der Waals surface area (Å²) in [6.45, 7) is 4.88. The molecule has 0 amide bonds. The predicted octanol–water partition coefficient (Wildman–Crippen LogP) is 4.08. The Kier molecular flexibility index (Phi) is 3.31. The maximum Gasteiger partial charge on any atom is 0.170 e. The molecule has 3 heteroatoms. The van der Waals surface area contributed by atoms with Gasteiger partial charge < -0.3 is 9.73 Å². The van der Waals surface area contributed by atoms with E-state index in [0.29, 0.717) is 18.2 Å². The SMILES string of the molecule is CCCc1c(CNC2CC2)oc2c(F)ccc(C)c12. The highest BCUT2D eigenvalue weighted by molar-refractivity contribution is 5.86. The fraction of sp³-hybridized carbons (Fsp3) is 0.500. The van der Waals surface area contributed by atoms with E-state index >= 15 is 0 Å². The molecule has 1 aromatic heterocycles. The van der Waals surface area contributed by atoms with E-state index in [9.17, 15) is 4.39 Å². The minimum Gasteiger partial charge on any atom is -0.456 e. The van der Waals surface area contributed by atoms with Gasteiger partial charge >= 0.3 is 0 Å². The van der Waals surface area contributed by atoms with Crippen LogP contribution in [0.5, 0.6) is 0 Å². The second-order valence-electron chi connectivity index (χ2n) is 5.48. The number of halogens is 1. The van der Waals surface area contributed by atoms with E-state index in [0.717, 1.165) is 29.6 Å². The number of furan rings is 1. The number of rotatable bonds is 5. The van der Waals surface area contributed by atoms with Crippen molar-refractivity contribution in [2.75, 3.05) is 0 Å². The van der Waals surface area contributed by atoms with Gasteiger partial charge in [0, 0.05) is 17.0 Å². The fourth-order valence-corrected chi connectivity index (χ4v) is 2.64. The van der Waals surface area contributed by atoms with Crippen LogP contribution in [0.1, 0.15) is 43.1 Å². The Bertz CT molecular complexity index is 598. The second kappa shape index (κ2) is 4.97. The highest BCUT2D eigenvalue weighted by Gasteiger charge is 2.23. The Balaban J connectivity index is 2.05. The van der Waals surface area contributed by atoms with Gasteiger partial charge in [0.05, 0.1) is 6.54 Å². The molecule has 1 aliphatic carbocycles. The van der Waals surface area contributed by atoms with Crippen LogP contribution in [0.2, 0.25) is 0 Å². The van der Waals surface area contributed by atoms with Crippen LogP contribution >= 0.6 is 0 Å². The number of hydrogen-bond acceptors (Lipinski definition) is 2. The number of benzene rings is 1. The van der Waals surface area contributed by atoms with Gasteiger partial charge in [0.25, 0.3) is 0 Å². The minimum absolute atomic E-state index is 0.254. The Labute approximate surface area is 113 Å². The lowest BCUT2D eigenvalue weighted by atomic mass is 10.0. The van der Waals surface area contributed by atoms with Gasteiger partial charge in [0.15, 0.2) is 11.4 Å². The van der Waals surface area contributed by atoms with Crippen molar-refractivity contribution in [2.24, 2.45) is 0 Å². The quantitative estimate of drug-likeness (QED) is 0.877. The van der Waals surface area contributed by atoms with Gasteiger partial charge in [-0.3, -0.25) is 0 Å². The van der Waals surface area contributed by atoms with Crippen molar-refractivity contribution in [3.63, 3.8) is 0 Å². The van der Waals surface area contributed by atoms with Crippen molar-refractivity contribution in [3.8, 4) is 0 Å². The summed E-state index contributed by atoms with van der Waals surface area (Å²) in [5.74, 6) is 0.660. The average molecular weight is 261 g/mol. The van der Waals surface area contributed by atoms with Crippen molar-refractivity contribution in [3.05, 3.63) is 34.8 Å². The molecule has 1 aromatic carbocycles. The Hall–Kier alpha value is -1.35. The van der Waals surface area contributed by atoms with Crippen molar-refractivity contribution in [2.45, 2.75) is 52.1 Å². The van der Waals surface area contributed by atoms with Gasteiger partial charge in [0.2, 0.25) is 0 Å². The largest absolute Gasteiger partial charge is 0.456 e. The molecule has 1 heterocycles. The number of hydrogen-bond donors (Lipinski definition) is 1. The number of nitrogens with one attached hydrogen (secondary N) is 1. The van der Waals surface area contributed by atoms with Crippen LogP contribution in [0.3, 0.4) is 0 Å². The van der Waals surface area contributed by atoms with E-state index in [4.69, 9.17) is 4.42 Å². The van der Waals surface area contributed by atoms with Gasteiger partial charge in [-0.05, 0) is 37.8 Å². The van der Waals surface area contributed by atoms with E-state index in [2.05, 4.69) is 12.2 Å². The molecule has 102 valence electrons. The first-order valence-corrected chi connectivity index (χ1v) is 7.13.